The highest BCUT2D eigenvalue weighted by molar-refractivity contribution is 7.15. The molecule has 0 aromatic carbocycles. The molecule has 0 aliphatic heterocycles. The number of rotatable bonds is 2. The monoisotopic (exact) mass is 157 g/mol. The number of hydrazine groups is 1. The van der Waals surface area contributed by atoms with E-state index in [1.165, 1.54) is 0 Å². The third kappa shape index (κ3) is 1.27. The summed E-state index contributed by atoms with van der Waals surface area (Å²) in [6.45, 7) is 4.03. The van der Waals surface area contributed by atoms with Crippen LogP contribution in [0.25, 0.3) is 0 Å². The number of nitrogens with one attached hydrogen (secondary N) is 1. The molecule has 1 heterocycles. The molecule has 4 heteroatoms. The fraction of sp³-hybridized carbons (Fsp3) is 0.500. The van der Waals surface area contributed by atoms with Crippen LogP contribution in [0.1, 0.15) is 17.6 Å². The Morgan fingerprint density at radius 1 is 1.70 bits per heavy atom. The van der Waals surface area contributed by atoms with E-state index in [1.807, 2.05) is 6.92 Å². The second kappa shape index (κ2) is 2.98. The first kappa shape index (κ1) is 7.50. The Balaban J connectivity index is 2.92. The molecule has 0 amide bonds. The summed E-state index contributed by atoms with van der Waals surface area (Å²) in [4.78, 5) is 4.28. The molecule has 1 aromatic heterocycles. The van der Waals surface area contributed by atoms with E-state index in [-0.39, 0.29) is 0 Å². The van der Waals surface area contributed by atoms with Gasteiger partial charge in [-0.2, -0.15) is 0 Å². The average molecular weight is 157 g/mol. The molecule has 0 atom stereocenters. The number of aromatic nitrogens is 1. The van der Waals surface area contributed by atoms with E-state index < -0.39 is 0 Å². The van der Waals surface area contributed by atoms with Gasteiger partial charge in [0.05, 0.1) is 10.7 Å². The molecule has 10 heavy (non-hydrogen) atoms. The summed E-state index contributed by atoms with van der Waals surface area (Å²) in [6, 6.07) is 0. The molecule has 3 nitrogen and oxygen atoms in total. The summed E-state index contributed by atoms with van der Waals surface area (Å²) in [5, 5.41) is 2.10. The van der Waals surface area contributed by atoms with Gasteiger partial charge in [0.25, 0.3) is 0 Å². The Kier molecular flexibility index (Phi) is 2.24. The Morgan fingerprint density at radius 3 is 2.70 bits per heavy atom. The molecule has 0 aliphatic rings. The molecule has 0 unspecified atom stereocenters. The van der Waals surface area contributed by atoms with E-state index in [0.29, 0.717) is 0 Å². The zero-order chi connectivity index (χ0) is 7.56. The number of thiazole rings is 1. The van der Waals surface area contributed by atoms with Crippen molar-refractivity contribution >= 4 is 16.3 Å². The number of hydrogen-bond acceptors (Lipinski definition) is 4. The number of nitrogens with two attached hydrogens (primary N) is 1. The average Bonchev–Trinajstić information content (AvgIpc) is 2.30. The number of nitrogens with zero attached hydrogens (tertiary/aromatic N) is 1. The Labute approximate surface area is 64.2 Å². The van der Waals surface area contributed by atoms with Crippen molar-refractivity contribution in [3.63, 3.8) is 0 Å². The molecule has 1 rings (SSSR count). The lowest BCUT2D eigenvalue weighted by atomic mass is 10.5. The topological polar surface area (TPSA) is 50.9 Å². The molecule has 0 radical (unpaired) electrons. The summed E-state index contributed by atoms with van der Waals surface area (Å²) in [6.07, 6.45) is 0.979. The second-order valence-electron chi connectivity index (χ2n) is 2.02. The lowest BCUT2D eigenvalue weighted by molar-refractivity contribution is 1.07. The highest BCUT2D eigenvalue weighted by Gasteiger charge is 2.02. The van der Waals surface area contributed by atoms with Gasteiger partial charge in [0.1, 0.15) is 5.00 Å². The van der Waals surface area contributed by atoms with Crippen LogP contribution in [0.5, 0.6) is 0 Å². The Morgan fingerprint density at radius 2 is 2.40 bits per heavy atom. The number of nitrogen functional groups attached to an aromatic ring is 1. The summed E-state index contributed by atoms with van der Waals surface area (Å²) in [7, 11) is 0. The maximum atomic E-state index is 5.24. The molecule has 0 spiro atoms. The zero-order valence-corrected chi connectivity index (χ0v) is 6.96. The van der Waals surface area contributed by atoms with Crippen LogP contribution >= 0.6 is 11.3 Å². The number of aryl methyl sites for hydroxylation is 2. The zero-order valence-electron chi connectivity index (χ0n) is 6.14. The van der Waals surface area contributed by atoms with Gasteiger partial charge in [-0.1, -0.05) is 6.92 Å². The first-order valence-electron chi connectivity index (χ1n) is 3.20. The van der Waals surface area contributed by atoms with Gasteiger partial charge in [0.2, 0.25) is 0 Å². The smallest absolute Gasteiger partial charge is 0.126 e. The molecule has 0 aliphatic carbocycles. The van der Waals surface area contributed by atoms with Crippen LogP contribution in [-0.4, -0.2) is 4.98 Å². The van der Waals surface area contributed by atoms with E-state index in [1.54, 1.807) is 11.3 Å². The van der Waals surface area contributed by atoms with Gasteiger partial charge < -0.3 is 5.43 Å². The predicted octanol–water partition coefficient (Wildman–Crippen LogP) is 1.30. The van der Waals surface area contributed by atoms with Crippen LogP contribution in [-0.2, 0) is 6.42 Å². The number of anilines is 1. The lowest BCUT2D eigenvalue weighted by Crippen LogP contribution is -2.05. The SMILES string of the molecule is CCc1nc(C)c(NN)s1. The van der Waals surface area contributed by atoms with E-state index >= 15 is 0 Å². The third-order valence-corrected chi connectivity index (χ3v) is 2.51. The molecule has 1 aromatic rings. The highest BCUT2D eigenvalue weighted by Crippen LogP contribution is 2.22. The van der Waals surface area contributed by atoms with Gasteiger partial charge >= 0.3 is 0 Å². The predicted molar refractivity (Wildman–Crippen MR) is 44.0 cm³/mol. The summed E-state index contributed by atoms with van der Waals surface area (Å²) >= 11 is 1.61. The standard InChI is InChI=1S/C6H11N3S/c1-3-5-8-4(2)6(9-7)10-5/h9H,3,7H2,1-2H3. The van der Waals surface area contributed by atoms with Crippen molar-refractivity contribution in [2.45, 2.75) is 20.3 Å². The molecule has 56 valence electrons. The van der Waals surface area contributed by atoms with Crippen LogP contribution in [0.2, 0.25) is 0 Å². The lowest BCUT2D eigenvalue weighted by Gasteiger charge is -1.90. The van der Waals surface area contributed by atoms with Gasteiger partial charge in [0.15, 0.2) is 0 Å². The van der Waals surface area contributed by atoms with Crippen LogP contribution < -0.4 is 11.3 Å². The molecule has 3 N–H and O–H groups in total. The fourth-order valence-corrected chi connectivity index (χ4v) is 1.55. The van der Waals surface area contributed by atoms with E-state index in [9.17, 15) is 0 Å². The number of hydrogen-bond donors (Lipinski definition) is 2. The first-order valence-corrected chi connectivity index (χ1v) is 4.02. The van der Waals surface area contributed by atoms with Gasteiger partial charge in [0, 0.05) is 0 Å². The van der Waals surface area contributed by atoms with Crippen molar-refractivity contribution in [1.29, 1.82) is 0 Å². The van der Waals surface area contributed by atoms with Crippen molar-refractivity contribution in [3.05, 3.63) is 10.7 Å². The molecular weight excluding hydrogens is 146 g/mol. The van der Waals surface area contributed by atoms with Crippen molar-refractivity contribution in [2.75, 3.05) is 5.43 Å². The third-order valence-electron chi connectivity index (χ3n) is 1.27. The minimum Gasteiger partial charge on any atom is -0.314 e. The van der Waals surface area contributed by atoms with Crippen LogP contribution in [0.15, 0.2) is 0 Å². The normalized spacial score (nSPS) is 9.90. The molecule has 0 bridgehead atoms. The van der Waals surface area contributed by atoms with Gasteiger partial charge in [-0.3, -0.25) is 0 Å². The first-order chi connectivity index (χ1) is 4.77. The largest absolute Gasteiger partial charge is 0.314 e. The molecule has 0 saturated heterocycles. The molecular formula is C6H11N3S. The quantitative estimate of drug-likeness (QED) is 0.502. The van der Waals surface area contributed by atoms with Crippen molar-refractivity contribution in [1.82, 2.24) is 4.98 Å². The second-order valence-corrected chi connectivity index (χ2v) is 3.10. The van der Waals surface area contributed by atoms with Crippen LogP contribution in [0, 0.1) is 6.92 Å². The van der Waals surface area contributed by atoms with E-state index in [4.69, 9.17) is 5.84 Å². The van der Waals surface area contributed by atoms with Gasteiger partial charge in [-0.05, 0) is 13.3 Å². The maximum Gasteiger partial charge on any atom is 0.126 e. The van der Waals surface area contributed by atoms with Gasteiger partial charge in [-0.25, -0.2) is 10.8 Å². The van der Waals surface area contributed by atoms with Crippen LogP contribution in [0.3, 0.4) is 0 Å². The summed E-state index contributed by atoms with van der Waals surface area (Å²) in [5.41, 5.74) is 3.60. The molecule has 0 fully saturated rings. The van der Waals surface area contributed by atoms with Gasteiger partial charge in [-0.15, -0.1) is 11.3 Å². The van der Waals surface area contributed by atoms with Crippen molar-refractivity contribution in [3.8, 4) is 0 Å². The fourth-order valence-electron chi connectivity index (χ4n) is 0.737. The van der Waals surface area contributed by atoms with Crippen LogP contribution in [0.4, 0.5) is 5.00 Å². The highest BCUT2D eigenvalue weighted by atomic mass is 32.1. The Hall–Kier alpha value is -0.610. The minimum atomic E-state index is 0.969. The van der Waals surface area contributed by atoms with E-state index in [2.05, 4.69) is 17.3 Å². The summed E-state index contributed by atoms with van der Waals surface area (Å²) in [5.74, 6) is 5.24. The maximum absolute atomic E-state index is 5.24. The van der Waals surface area contributed by atoms with E-state index in [0.717, 1.165) is 22.1 Å². The minimum absolute atomic E-state index is 0.969. The summed E-state index contributed by atoms with van der Waals surface area (Å²) < 4.78 is 0. The Bertz CT molecular complexity index is 219. The van der Waals surface area contributed by atoms with Crippen molar-refractivity contribution in [2.24, 2.45) is 5.84 Å². The molecule has 0 saturated carbocycles. The van der Waals surface area contributed by atoms with Crippen molar-refractivity contribution < 1.29 is 0 Å².